The predicted octanol–water partition coefficient (Wildman–Crippen LogP) is 3.36. The van der Waals surface area contributed by atoms with Crippen molar-refractivity contribution in [3.05, 3.63) is 36.3 Å². The summed E-state index contributed by atoms with van der Waals surface area (Å²) in [6, 6.07) is 5.10. The van der Waals surface area contributed by atoms with Crippen molar-refractivity contribution in [3.8, 4) is 17.0 Å². The number of carbonyl (C=O) groups excluding carboxylic acids is 2. The van der Waals surface area contributed by atoms with E-state index in [0.29, 0.717) is 35.7 Å². The Bertz CT molecular complexity index is 1250. The molecule has 40 heavy (non-hydrogen) atoms. The fraction of sp³-hybridized carbons (Fsp3) is 0.571. The summed E-state index contributed by atoms with van der Waals surface area (Å²) in [5, 5.41) is 3.06. The van der Waals surface area contributed by atoms with E-state index in [9.17, 15) is 22.8 Å². The Morgan fingerprint density at radius 1 is 1.18 bits per heavy atom. The molecule has 2 aliphatic heterocycles. The lowest BCUT2D eigenvalue weighted by molar-refractivity contribution is -0.199. The van der Waals surface area contributed by atoms with Crippen molar-refractivity contribution in [2.75, 3.05) is 51.3 Å². The first-order valence-electron chi connectivity index (χ1n) is 13.8. The molecule has 4 heterocycles. The Morgan fingerprint density at radius 2 is 1.93 bits per heavy atom. The van der Waals surface area contributed by atoms with Crippen molar-refractivity contribution >= 4 is 17.5 Å². The van der Waals surface area contributed by atoms with E-state index >= 15 is 0 Å². The summed E-state index contributed by atoms with van der Waals surface area (Å²) in [6.07, 6.45) is -1.01. The predicted molar refractivity (Wildman–Crippen MR) is 143 cm³/mol. The molecule has 0 bridgehead atoms. The third-order valence-electron chi connectivity index (χ3n) is 8.07. The molecule has 1 atom stereocenters. The zero-order valence-corrected chi connectivity index (χ0v) is 23.0. The summed E-state index contributed by atoms with van der Waals surface area (Å²) in [5.74, 6) is -0.693. The molecule has 2 amide bonds. The van der Waals surface area contributed by atoms with Gasteiger partial charge in [0.2, 0.25) is 5.91 Å². The Morgan fingerprint density at radius 3 is 2.50 bits per heavy atom. The second-order valence-electron chi connectivity index (χ2n) is 10.9. The first-order chi connectivity index (χ1) is 19.1. The van der Waals surface area contributed by atoms with Crippen molar-refractivity contribution in [2.24, 2.45) is 5.41 Å². The molecule has 3 fully saturated rings. The van der Waals surface area contributed by atoms with Crippen LogP contribution in [0.4, 0.5) is 18.9 Å². The van der Waals surface area contributed by atoms with Gasteiger partial charge in [0.15, 0.2) is 5.69 Å². The second-order valence-corrected chi connectivity index (χ2v) is 10.9. The van der Waals surface area contributed by atoms with Crippen molar-refractivity contribution in [1.82, 2.24) is 25.1 Å². The highest BCUT2D eigenvalue weighted by Crippen LogP contribution is 2.58. The monoisotopic (exact) mass is 560 g/mol. The number of nitrogens with one attached hydrogen (secondary N) is 1. The molecule has 5 rings (SSSR count). The molecule has 1 N–H and O–H groups in total. The number of rotatable bonds is 8. The zero-order chi connectivity index (χ0) is 28.7. The van der Waals surface area contributed by atoms with Crippen LogP contribution in [0.5, 0.6) is 5.75 Å². The number of nitrogens with zero attached hydrogens (tertiary/aromatic N) is 5. The van der Waals surface area contributed by atoms with Crippen LogP contribution in [0.3, 0.4) is 0 Å². The number of likely N-dealkylation sites (tertiary alicyclic amines) is 1. The maximum absolute atomic E-state index is 13.7. The average Bonchev–Trinajstić information content (AvgIpc) is 3.74. The molecule has 0 radical (unpaired) electrons. The lowest BCUT2D eigenvalue weighted by atomic mass is 10.0. The average molecular weight is 561 g/mol. The van der Waals surface area contributed by atoms with Gasteiger partial charge in [0.05, 0.1) is 18.3 Å². The van der Waals surface area contributed by atoms with E-state index in [-0.39, 0.29) is 56.2 Å². The van der Waals surface area contributed by atoms with Gasteiger partial charge < -0.3 is 24.8 Å². The second kappa shape index (κ2) is 10.9. The summed E-state index contributed by atoms with van der Waals surface area (Å²) >= 11 is 0. The van der Waals surface area contributed by atoms with E-state index in [2.05, 4.69) is 15.2 Å². The fourth-order valence-electron chi connectivity index (χ4n) is 5.64. The lowest BCUT2D eigenvalue weighted by Gasteiger charge is -2.44. The number of aromatic nitrogens is 2. The summed E-state index contributed by atoms with van der Waals surface area (Å²) in [7, 11) is 1.97. The molecule has 2 aromatic rings. The van der Waals surface area contributed by atoms with Gasteiger partial charge in [-0.2, -0.15) is 13.2 Å². The topological polar surface area (TPSA) is 90.9 Å². The molecule has 1 aliphatic carbocycles. The molecule has 0 aromatic carbocycles. The third-order valence-corrected chi connectivity index (χ3v) is 8.07. The smallest absolute Gasteiger partial charge is 0.403 e. The van der Waals surface area contributed by atoms with Crippen LogP contribution >= 0.6 is 0 Å². The molecule has 216 valence electrons. The van der Waals surface area contributed by atoms with E-state index in [4.69, 9.17) is 9.72 Å². The van der Waals surface area contributed by atoms with E-state index < -0.39 is 17.5 Å². The molecule has 0 unspecified atom stereocenters. The van der Waals surface area contributed by atoms with Crippen LogP contribution in [0, 0.1) is 5.41 Å². The molecule has 2 aromatic heterocycles. The van der Waals surface area contributed by atoms with Gasteiger partial charge in [-0.3, -0.25) is 14.6 Å². The number of carbonyl (C=O) groups is 2. The Hall–Kier alpha value is -3.41. The Balaban J connectivity index is 1.49. The van der Waals surface area contributed by atoms with E-state index in [1.54, 1.807) is 24.5 Å². The summed E-state index contributed by atoms with van der Waals surface area (Å²) in [4.78, 5) is 41.1. The maximum Gasteiger partial charge on any atom is 0.403 e. The number of alkyl halides is 3. The summed E-state index contributed by atoms with van der Waals surface area (Å²) < 4.78 is 47.0. The number of hydrogen-bond acceptors (Lipinski definition) is 7. The van der Waals surface area contributed by atoms with Gasteiger partial charge in [-0.15, -0.1) is 0 Å². The van der Waals surface area contributed by atoms with Crippen LogP contribution < -0.4 is 15.0 Å². The van der Waals surface area contributed by atoms with Gasteiger partial charge >= 0.3 is 6.18 Å². The highest BCUT2D eigenvalue weighted by molar-refractivity contribution is 5.99. The normalized spacial score (nSPS) is 21.1. The minimum atomic E-state index is -4.55. The number of piperazine rings is 1. The minimum Gasteiger partial charge on any atom is -0.492 e. The number of pyridine rings is 2. The lowest BCUT2D eigenvalue weighted by Crippen LogP contribution is -2.59. The molecule has 2 saturated heterocycles. The number of amides is 2. The molecular weight excluding hydrogens is 525 g/mol. The van der Waals surface area contributed by atoms with Gasteiger partial charge in [0.1, 0.15) is 16.9 Å². The van der Waals surface area contributed by atoms with Crippen molar-refractivity contribution in [1.29, 1.82) is 0 Å². The zero-order valence-electron chi connectivity index (χ0n) is 23.0. The van der Waals surface area contributed by atoms with Gasteiger partial charge in [-0.1, -0.05) is 6.92 Å². The van der Waals surface area contributed by atoms with Crippen LogP contribution in [0.25, 0.3) is 11.3 Å². The quantitative estimate of drug-likeness (QED) is 0.530. The SMILES string of the molecule is CCOc1cc(N2CCN(C(=O)C3(C(F)(F)F)CC3)C[C@H]2CC)c(C(=O)NC2CN(C)C2)nc1-c1cccnc1. The maximum atomic E-state index is 13.7. The van der Waals surface area contributed by atoms with E-state index in [1.807, 2.05) is 31.9 Å². The first kappa shape index (κ1) is 28.1. The van der Waals surface area contributed by atoms with Crippen molar-refractivity contribution in [3.63, 3.8) is 0 Å². The van der Waals surface area contributed by atoms with Crippen LogP contribution in [-0.2, 0) is 4.79 Å². The van der Waals surface area contributed by atoms with E-state index in [0.717, 1.165) is 13.1 Å². The molecule has 0 spiro atoms. The highest BCUT2D eigenvalue weighted by atomic mass is 19.4. The number of ether oxygens (including phenoxy) is 1. The minimum absolute atomic E-state index is 0.00546. The molecule has 12 heteroatoms. The summed E-state index contributed by atoms with van der Waals surface area (Å²) in [6.45, 7) is 6.13. The molecular formula is C28H35F3N6O3. The van der Waals surface area contributed by atoms with Crippen molar-refractivity contribution < 1.29 is 27.5 Å². The molecule has 9 nitrogen and oxygen atoms in total. The Kier molecular flexibility index (Phi) is 7.64. The third kappa shape index (κ3) is 5.21. The number of halogens is 3. The standard InChI is InChI=1S/C28H35F3N6O3/c1-4-20-17-36(26(39)27(8-9-27)28(29,30)31)11-12-37(20)21-13-22(40-5-2)23(18-7-6-10-32-14-18)34-24(21)25(38)33-19-15-35(3)16-19/h6-7,10,13-14,19-20H,4-5,8-9,11-12,15-17H2,1-3H3,(H,33,38)/t20-/m1/s1. The van der Waals surface area contributed by atoms with Crippen LogP contribution in [0.2, 0.25) is 0 Å². The highest BCUT2D eigenvalue weighted by Gasteiger charge is 2.69. The largest absolute Gasteiger partial charge is 0.492 e. The fourth-order valence-corrected chi connectivity index (χ4v) is 5.64. The van der Waals surface area contributed by atoms with Crippen LogP contribution in [0.1, 0.15) is 43.6 Å². The molecule has 1 saturated carbocycles. The Labute approximate surface area is 231 Å². The van der Waals surface area contributed by atoms with Gasteiger partial charge in [0.25, 0.3) is 5.91 Å². The van der Waals surface area contributed by atoms with Gasteiger partial charge in [-0.25, -0.2) is 4.98 Å². The molecule has 3 aliphatic rings. The van der Waals surface area contributed by atoms with Crippen LogP contribution in [0.15, 0.2) is 30.6 Å². The van der Waals surface area contributed by atoms with E-state index in [1.165, 1.54) is 4.90 Å². The van der Waals surface area contributed by atoms with Gasteiger partial charge in [-0.05, 0) is 45.4 Å². The van der Waals surface area contributed by atoms with Crippen LogP contribution in [-0.4, -0.2) is 96.2 Å². The summed E-state index contributed by atoms with van der Waals surface area (Å²) in [5.41, 5.74) is -0.318. The number of hydrogen-bond donors (Lipinski definition) is 1. The van der Waals surface area contributed by atoms with Gasteiger partial charge in [0, 0.05) is 62.8 Å². The number of likely N-dealkylation sites (N-methyl/N-ethyl adjacent to an activating group) is 1. The number of anilines is 1. The first-order valence-corrected chi connectivity index (χ1v) is 13.8. The van der Waals surface area contributed by atoms with Crippen molar-refractivity contribution in [2.45, 2.75) is 51.4 Å².